The Labute approximate surface area is 113 Å². The van der Waals surface area contributed by atoms with Gasteiger partial charge in [0.2, 0.25) is 0 Å². The van der Waals surface area contributed by atoms with Crippen molar-refractivity contribution in [1.82, 2.24) is 10.3 Å². The highest BCUT2D eigenvalue weighted by Crippen LogP contribution is 2.23. The van der Waals surface area contributed by atoms with Crippen LogP contribution in [0.5, 0.6) is 0 Å². The fourth-order valence-electron chi connectivity index (χ4n) is 2.02. The van der Waals surface area contributed by atoms with Gasteiger partial charge in [-0.1, -0.05) is 13.3 Å². The molecule has 0 fully saturated rings. The molecule has 0 aliphatic carbocycles. The van der Waals surface area contributed by atoms with Crippen LogP contribution < -0.4 is 5.32 Å². The van der Waals surface area contributed by atoms with Crippen LogP contribution in [0.3, 0.4) is 0 Å². The van der Waals surface area contributed by atoms with Gasteiger partial charge in [-0.2, -0.15) is 0 Å². The van der Waals surface area contributed by atoms with Gasteiger partial charge in [0.25, 0.3) is 5.69 Å². The molecule has 6 nitrogen and oxygen atoms in total. The summed E-state index contributed by atoms with van der Waals surface area (Å²) in [7, 11) is 0. The van der Waals surface area contributed by atoms with E-state index in [-0.39, 0.29) is 16.7 Å². The van der Waals surface area contributed by atoms with E-state index >= 15 is 0 Å². The summed E-state index contributed by atoms with van der Waals surface area (Å²) >= 11 is 0. The normalized spacial score (nSPS) is 12.4. The van der Waals surface area contributed by atoms with Crippen LogP contribution in [0.15, 0.2) is 6.20 Å². The quantitative estimate of drug-likeness (QED) is 0.581. The van der Waals surface area contributed by atoms with Crippen LogP contribution in [0.4, 0.5) is 5.69 Å². The molecule has 2 N–H and O–H groups in total. The third-order valence-electron chi connectivity index (χ3n) is 3.05. The number of hydrogen-bond acceptors (Lipinski definition) is 5. The summed E-state index contributed by atoms with van der Waals surface area (Å²) in [6.07, 6.45) is 2.81. The first kappa shape index (κ1) is 15.5. The number of hydrogen-bond donors (Lipinski definition) is 2. The number of aliphatic hydroxyl groups is 1. The lowest BCUT2D eigenvalue weighted by atomic mass is 10.1. The van der Waals surface area contributed by atoms with Crippen LogP contribution in [0.2, 0.25) is 0 Å². The Morgan fingerprint density at radius 2 is 2.21 bits per heavy atom. The lowest BCUT2D eigenvalue weighted by Gasteiger charge is -2.12. The van der Waals surface area contributed by atoms with Gasteiger partial charge in [-0.05, 0) is 20.3 Å². The summed E-state index contributed by atoms with van der Waals surface area (Å²) in [5.41, 5.74) is 1.93. The number of pyridine rings is 1. The molecule has 1 aromatic rings. The van der Waals surface area contributed by atoms with Crippen molar-refractivity contribution in [3.05, 3.63) is 33.1 Å². The van der Waals surface area contributed by atoms with E-state index in [4.69, 9.17) is 0 Å². The lowest BCUT2D eigenvalue weighted by molar-refractivity contribution is -0.386. The first-order valence-corrected chi connectivity index (χ1v) is 6.45. The van der Waals surface area contributed by atoms with Crippen molar-refractivity contribution in [2.24, 2.45) is 0 Å². The molecule has 0 aliphatic heterocycles. The van der Waals surface area contributed by atoms with E-state index in [2.05, 4.69) is 10.3 Å². The smallest absolute Gasteiger partial charge is 0.278 e. The predicted octanol–water partition coefficient (Wildman–Crippen LogP) is 1.86. The van der Waals surface area contributed by atoms with Gasteiger partial charge < -0.3 is 10.4 Å². The Kier molecular flexibility index (Phi) is 5.85. The molecule has 0 saturated carbocycles. The Bertz CT molecular complexity index is 449. The molecule has 1 rings (SSSR count). The summed E-state index contributed by atoms with van der Waals surface area (Å²) in [6, 6.07) is 0. The molecule has 0 saturated heterocycles. The van der Waals surface area contributed by atoms with Crippen LogP contribution in [0.25, 0.3) is 0 Å². The van der Waals surface area contributed by atoms with Crippen molar-refractivity contribution in [2.45, 2.75) is 46.3 Å². The largest absolute Gasteiger partial charge is 0.392 e. The second-order valence-electron chi connectivity index (χ2n) is 4.69. The van der Waals surface area contributed by atoms with Gasteiger partial charge in [0.1, 0.15) is 0 Å². The Morgan fingerprint density at radius 3 is 2.79 bits per heavy atom. The maximum Gasteiger partial charge on any atom is 0.278 e. The molecular weight excluding hydrogens is 246 g/mol. The minimum atomic E-state index is -0.384. The number of aromatic nitrogens is 1. The molecule has 0 aliphatic rings. The van der Waals surface area contributed by atoms with Gasteiger partial charge in [0, 0.05) is 30.4 Å². The van der Waals surface area contributed by atoms with E-state index in [1.165, 1.54) is 6.20 Å². The Hall–Kier alpha value is -1.53. The number of aliphatic hydroxyl groups excluding tert-OH is 1. The van der Waals surface area contributed by atoms with E-state index < -0.39 is 0 Å². The van der Waals surface area contributed by atoms with Crippen LogP contribution in [-0.4, -0.2) is 27.7 Å². The topological polar surface area (TPSA) is 88.3 Å². The number of nitro groups is 1. The molecule has 1 heterocycles. The number of nitrogens with zero attached hydrogens (tertiary/aromatic N) is 2. The summed E-state index contributed by atoms with van der Waals surface area (Å²) in [6.45, 7) is 6.29. The molecule has 6 heteroatoms. The molecule has 1 unspecified atom stereocenters. The minimum Gasteiger partial charge on any atom is -0.392 e. The maximum absolute atomic E-state index is 11.0. The second-order valence-corrected chi connectivity index (χ2v) is 4.69. The molecule has 0 amide bonds. The molecule has 0 radical (unpaired) electrons. The van der Waals surface area contributed by atoms with Gasteiger partial charge in [-0.25, -0.2) is 0 Å². The average molecular weight is 267 g/mol. The van der Waals surface area contributed by atoms with Gasteiger partial charge in [0.05, 0.1) is 16.7 Å². The molecular formula is C13H21N3O3. The number of aryl methyl sites for hydroxylation is 1. The third-order valence-corrected chi connectivity index (χ3v) is 3.05. The first-order valence-electron chi connectivity index (χ1n) is 6.45. The van der Waals surface area contributed by atoms with E-state index in [0.717, 1.165) is 12.8 Å². The molecule has 1 atom stereocenters. The van der Waals surface area contributed by atoms with E-state index in [9.17, 15) is 15.2 Å². The van der Waals surface area contributed by atoms with Crippen LogP contribution in [-0.2, 0) is 6.54 Å². The third kappa shape index (κ3) is 4.25. The summed E-state index contributed by atoms with van der Waals surface area (Å²) in [5.74, 6) is 0. The molecule has 0 bridgehead atoms. The van der Waals surface area contributed by atoms with Crippen molar-refractivity contribution < 1.29 is 10.0 Å². The fraction of sp³-hybridized carbons (Fsp3) is 0.615. The first-order chi connectivity index (χ1) is 8.97. The van der Waals surface area contributed by atoms with E-state index in [1.807, 2.05) is 6.92 Å². The van der Waals surface area contributed by atoms with E-state index in [1.54, 1.807) is 13.8 Å². The molecule has 106 valence electrons. The Balaban J connectivity index is 2.70. The van der Waals surface area contributed by atoms with Crippen LogP contribution >= 0.6 is 0 Å². The number of rotatable bonds is 7. The number of nitrogens with one attached hydrogen (secondary N) is 1. The summed E-state index contributed by atoms with van der Waals surface area (Å²) < 4.78 is 0. The van der Waals surface area contributed by atoms with Gasteiger partial charge in [0.15, 0.2) is 0 Å². The van der Waals surface area contributed by atoms with Crippen molar-refractivity contribution >= 4 is 5.69 Å². The zero-order valence-electron chi connectivity index (χ0n) is 11.6. The highest BCUT2D eigenvalue weighted by Gasteiger charge is 2.18. The molecule has 0 aromatic carbocycles. The highest BCUT2D eigenvalue weighted by atomic mass is 16.6. The average Bonchev–Trinajstić information content (AvgIpc) is 2.32. The van der Waals surface area contributed by atoms with Crippen molar-refractivity contribution in [2.75, 3.05) is 6.54 Å². The van der Waals surface area contributed by atoms with E-state index in [0.29, 0.717) is 29.9 Å². The minimum absolute atomic E-state index is 0.126. The lowest BCUT2D eigenvalue weighted by Crippen LogP contribution is -2.27. The van der Waals surface area contributed by atoms with Gasteiger partial charge in [-0.15, -0.1) is 0 Å². The molecule has 19 heavy (non-hydrogen) atoms. The maximum atomic E-state index is 11.0. The molecule has 1 aromatic heterocycles. The standard InChI is InChI=1S/C13H21N3O3/c1-4-5-11(17)7-14-8-12-10(3)13(16(18)19)9(2)6-15-12/h6,11,14,17H,4-5,7-8H2,1-3H3. The fourth-order valence-corrected chi connectivity index (χ4v) is 2.02. The van der Waals surface area contributed by atoms with Crippen molar-refractivity contribution in [3.63, 3.8) is 0 Å². The van der Waals surface area contributed by atoms with Crippen LogP contribution in [0.1, 0.15) is 36.6 Å². The SMILES string of the molecule is CCCC(O)CNCc1ncc(C)c([N+](=O)[O-])c1C. The van der Waals surface area contributed by atoms with Crippen molar-refractivity contribution in [3.8, 4) is 0 Å². The zero-order valence-corrected chi connectivity index (χ0v) is 11.6. The van der Waals surface area contributed by atoms with Gasteiger partial charge >= 0.3 is 0 Å². The monoisotopic (exact) mass is 267 g/mol. The van der Waals surface area contributed by atoms with Crippen molar-refractivity contribution in [1.29, 1.82) is 0 Å². The highest BCUT2D eigenvalue weighted by molar-refractivity contribution is 5.47. The zero-order chi connectivity index (χ0) is 14.4. The molecule has 0 spiro atoms. The van der Waals surface area contributed by atoms with Gasteiger partial charge in [-0.3, -0.25) is 15.1 Å². The second kappa shape index (κ2) is 7.16. The predicted molar refractivity (Wildman–Crippen MR) is 73.0 cm³/mol. The summed E-state index contributed by atoms with van der Waals surface area (Å²) in [5, 5.41) is 23.6. The Morgan fingerprint density at radius 1 is 1.53 bits per heavy atom. The van der Waals surface area contributed by atoms with Crippen LogP contribution in [0, 0.1) is 24.0 Å². The summed E-state index contributed by atoms with van der Waals surface area (Å²) in [4.78, 5) is 14.8.